The first kappa shape index (κ1) is 16.7. The number of carboxylic acids is 1. The van der Waals surface area contributed by atoms with Crippen LogP contribution in [0.25, 0.3) is 0 Å². The number of hydrogen-bond donors (Lipinski definition) is 3. The fourth-order valence-electron chi connectivity index (χ4n) is 1.27. The number of primary amides is 1. The molecule has 1 aromatic carbocycles. The Kier molecular flexibility index (Phi) is 4.98. The number of aromatic carboxylic acids is 1. The number of sulfonamides is 1. The number of carbonyl (C=O) groups is 2. The molecule has 0 radical (unpaired) electrons. The lowest BCUT2D eigenvalue weighted by Crippen LogP contribution is -2.42. The molecule has 4 N–H and O–H groups in total. The lowest BCUT2D eigenvalue weighted by atomic mass is 10.2. The second-order valence-corrected chi connectivity index (χ2v) is 6.31. The van der Waals surface area contributed by atoms with E-state index >= 15 is 0 Å². The third kappa shape index (κ3) is 3.60. The van der Waals surface area contributed by atoms with Crippen LogP contribution >= 0.6 is 23.2 Å². The highest BCUT2D eigenvalue weighted by atomic mass is 35.5. The van der Waals surface area contributed by atoms with Crippen LogP contribution in [0.2, 0.25) is 10.0 Å². The lowest BCUT2D eigenvalue weighted by molar-refractivity contribution is -0.119. The number of carboxylic acid groups (broad SMARTS) is 1. The van der Waals surface area contributed by atoms with Gasteiger partial charge < -0.3 is 10.8 Å². The molecule has 0 aliphatic heterocycles. The summed E-state index contributed by atoms with van der Waals surface area (Å²) in [7, 11) is -4.24. The van der Waals surface area contributed by atoms with Crippen LogP contribution < -0.4 is 10.5 Å². The quantitative estimate of drug-likeness (QED) is 0.732. The minimum atomic E-state index is -4.24. The maximum Gasteiger partial charge on any atom is 0.337 e. The summed E-state index contributed by atoms with van der Waals surface area (Å²) in [6.45, 7) is 1.23. The van der Waals surface area contributed by atoms with Crippen molar-refractivity contribution in [2.75, 3.05) is 0 Å². The van der Waals surface area contributed by atoms with Crippen LogP contribution in [0.3, 0.4) is 0 Å². The number of halogens is 2. The van der Waals surface area contributed by atoms with Crippen molar-refractivity contribution in [2.24, 2.45) is 5.73 Å². The molecule has 0 spiro atoms. The van der Waals surface area contributed by atoms with Gasteiger partial charge in [0.2, 0.25) is 15.9 Å². The fourth-order valence-corrected chi connectivity index (χ4v) is 3.38. The highest BCUT2D eigenvalue weighted by Gasteiger charge is 2.26. The summed E-state index contributed by atoms with van der Waals surface area (Å²) < 4.78 is 26.0. The van der Waals surface area contributed by atoms with E-state index in [4.69, 9.17) is 34.0 Å². The monoisotopic (exact) mass is 340 g/mol. The average Bonchev–Trinajstić information content (AvgIpc) is 2.30. The Hall–Kier alpha value is -1.35. The maximum atomic E-state index is 12.0. The number of benzene rings is 1. The average molecular weight is 341 g/mol. The first-order valence-corrected chi connectivity index (χ1v) is 7.34. The normalized spacial score (nSPS) is 12.9. The van der Waals surface area contributed by atoms with Gasteiger partial charge in [0.15, 0.2) is 0 Å². The van der Waals surface area contributed by atoms with Crippen LogP contribution in [0.1, 0.15) is 17.3 Å². The Labute approximate surface area is 124 Å². The second-order valence-electron chi connectivity index (χ2n) is 3.82. The molecule has 10 heteroatoms. The van der Waals surface area contributed by atoms with Crippen LogP contribution in [0.4, 0.5) is 0 Å². The Bertz CT molecular complexity index is 674. The van der Waals surface area contributed by atoms with Gasteiger partial charge in [-0.2, -0.15) is 4.72 Å². The fraction of sp³-hybridized carbons (Fsp3) is 0.200. The Morgan fingerprint density at radius 1 is 1.35 bits per heavy atom. The van der Waals surface area contributed by atoms with Crippen molar-refractivity contribution >= 4 is 45.1 Å². The summed E-state index contributed by atoms with van der Waals surface area (Å²) in [5.74, 6) is -2.33. The Morgan fingerprint density at radius 3 is 2.35 bits per heavy atom. The van der Waals surface area contributed by atoms with Gasteiger partial charge in [-0.15, -0.1) is 0 Å². The van der Waals surface area contributed by atoms with Crippen LogP contribution in [0, 0.1) is 0 Å². The molecule has 0 aliphatic carbocycles. The van der Waals surface area contributed by atoms with E-state index in [0.29, 0.717) is 0 Å². The van der Waals surface area contributed by atoms with Gasteiger partial charge in [0.05, 0.1) is 16.6 Å². The molecular formula is C10H10Cl2N2O5S. The predicted molar refractivity (Wildman–Crippen MR) is 72.4 cm³/mol. The van der Waals surface area contributed by atoms with E-state index in [-0.39, 0.29) is 5.02 Å². The number of carbonyl (C=O) groups excluding carboxylic acids is 1. The molecule has 1 amide bonds. The van der Waals surface area contributed by atoms with Gasteiger partial charge in [0, 0.05) is 5.02 Å². The third-order valence-electron chi connectivity index (χ3n) is 2.28. The SMILES string of the molecule is CC(NS(=O)(=O)c1cc(Cl)cc(C(=O)O)c1Cl)C(N)=O. The van der Waals surface area contributed by atoms with Crippen LogP contribution in [0.15, 0.2) is 17.0 Å². The van der Waals surface area contributed by atoms with Gasteiger partial charge in [-0.3, -0.25) is 4.79 Å². The zero-order chi connectivity index (χ0) is 15.7. The summed E-state index contributed by atoms with van der Waals surface area (Å²) in [6, 6.07) is 0.804. The van der Waals surface area contributed by atoms with E-state index in [0.717, 1.165) is 12.1 Å². The van der Waals surface area contributed by atoms with Crippen molar-refractivity contribution in [1.29, 1.82) is 0 Å². The van der Waals surface area contributed by atoms with E-state index in [1.165, 1.54) is 6.92 Å². The summed E-state index contributed by atoms with van der Waals surface area (Å²) in [4.78, 5) is 21.3. The molecule has 0 saturated carbocycles. The van der Waals surface area contributed by atoms with Gasteiger partial charge in [-0.25, -0.2) is 13.2 Å². The molecule has 7 nitrogen and oxygen atoms in total. The topological polar surface area (TPSA) is 127 Å². The Morgan fingerprint density at radius 2 is 1.90 bits per heavy atom. The van der Waals surface area contributed by atoms with Gasteiger partial charge >= 0.3 is 5.97 Å². The number of nitrogens with one attached hydrogen (secondary N) is 1. The summed E-state index contributed by atoms with van der Waals surface area (Å²) in [6.07, 6.45) is 0. The highest BCUT2D eigenvalue weighted by Crippen LogP contribution is 2.29. The molecule has 0 fully saturated rings. The molecule has 1 aromatic rings. The minimum Gasteiger partial charge on any atom is -0.478 e. The van der Waals surface area contributed by atoms with Gasteiger partial charge in [0.25, 0.3) is 0 Å². The van der Waals surface area contributed by atoms with E-state index < -0.39 is 43.4 Å². The van der Waals surface area contributed by atoms with E-state index in [1.807, 2.05) is 4.72 Å². The molecule has 1 rings (SSSR count). The smallest absolute Gasteiger partial charge is 0.337 e. The van der Waals surface area contributed by atoms with Crippen molar-refractivity contribution < 1.29 is 23.1 Å². The molecular weight excluding hydrogens is 331 g/mol. The standard InChI is InChI=1S/C10H10Cl2N2O5S/c1-4(9(13)15)14-20(18,19)7-3-5(11)2-6(8(7)12)10(16)17/h2-4,14H,1H3,(H2,13,15)(H,16,17). The van der Waals surface area contributed by atoms with Crippen LogP contribution in [-0.4, -0.2) is 31.4 Å². The van der Waals surface area contributed by atoms with Crippen molar-refractivity contribution in [3.8, 4) is 0 Å². The Balaban J connectivity index is 3.39. The molecule has 1 atom stereocenters. The predicted octanol–water partition coefficient (Wildman–Crippen LogP) is 0.844. The molecule has 20 heavy (non-hydrogen) atoms. The first-order valence-electron chi connectivity index (χ1n) is 5.10. The number of hydrogen-bond acceptors (Lipinski definition) is 4. The zero-order valence-corrected chi connectivity index (χ0v) is 12.4. The van der Waals surface area contributed by atoms with E-state index in [1.54, 1.807) is 0 Å². The van der Waals surface area contributed by atoms with Crippen LogP contribution in [0.5, 0.6) is 0 Å². The molecule has 0 heterocycles. The second kappa shape index (κ2) is 5.96. The molecule has 1 unspecified atom stereocenters. The summed E-state index contributed by atoms with van der Waals surface area (Å²) in [5, 5.41) is 8.28. The van der Waals surface area contributed by atoms with Crippen molar-refractivity contribution in [3.05, 3.63) is 27.7 Å². The van der Waals surface area contributed by atoms with Gasteiger partial charge in [-0.1, -0.05) is 23.2 Å². The number of amides is 1. The van der Waals surface area contributed by atoms with Crippen molar-refractivity contribution in [3.63, 3.8) is 0 Å². The van der Waals surface area contributed by atoms with Crippen molar-refractivity contribution in [1.82, 2.24) is 4.72 Å². The third-order valence-corrected chi connectivity index (χ3v) is 4.58. The molecule has 0 aliphatic rings. The van der Waals surface area contributed by atoms with Gasteiger partial charge in [-0.05, 0) is 19.1 Å². The summed E-state index contributed by atoms with van der Waals surface area (Å²) >= 11 is 11.4. The number of rotatable bonds is 5. The van der Waals surface area contributed by atoms with Crippen LogP contribution in [-0.2, 0) is 14.8 Å². The van der Waals surface area contributed by atoms with Gasteiger partial charge in [0.1, 0.15) is 4.90 Å². The molecule has 110 valence electrons. The lowest BCUT2D eigenvalue weighted by Gasteiger charge is -2.13. The zero-order valence-electron chi connectivity index (χ0n) is 10.1. The molecule has 0 saturated heterocycles. The molecule has 0 bridgehead atoms. The number of nitrogens with two attached hydrogens (primary N) is 1. The largest absolute Gasteiger partial charge is 0.478 e. The van der Waals surface area contributed by atoms with Crippen molar-refractivity contribution in [2.45, 2.75) is 17.9 Å². The summed E-state index contributed by atoms with van der Waals surface area (Å²) in [5.41, 5.74) is 4.48. The minimum absolute atomic E-state index is 0.126. The highest BCUT2D eigenvalue weighted by molar-refractivity contribution is 7.89. The van der Waals surface area contributed by atoms with E-state index in [2.05, 4.69) is 0 Å². The molecule has 0 aromatic heterocycles. The van der Waals surface area contributed by atoms with E-state index in [9.17, 15) is 18.0 Å². The first-order chi connectivity index (χ1) is 9.06. The maximum absolute atomic E-state index is 12.0.